The molecule has 0 saturated heterocycles. The third kappa shape index (κ3) is 10.3. The minimum Gasteiger partial charge on any atom is -0.399 e. The van der Waals surface area contributed by atoms with E-state index in [9.17, 15) is 0 Å². The lowest BCUT2D eigenvalue weighted by atomic mass is 9.87. The van der Waals surface area contributed by atoms with E-state index in [0.29, 0.717) is 11.8 Å². The molecule has 0 bridgehead atoms. The lowest BCUT2D eigenvalue weighted by Gasteiger charge is -2.18. The van der Waals surface area contributed by atoms with E-state index in [-0.39, 0.29) is 0 Å². The molecule has 2 atom stereocenters. The van der Waals surface area contributed by atoms with Crippen LogP contribution in [0.1, 0.15) is 130 Å². The molecular weight excluding hydrogens is 520 g/mol. The summed E-state index contributed by atoms with van der Waals surface area (Å²) in [4.78, 5) is 0. The van der Waals surface area contributed by atoms with Gasteiger partial charge in [0.25, 0.3) is 0 Å². The first-order valence-corrected chi connectivity index (χ1v) is 17.0. The second kappa shape index (κ2) is 17.6. The molecule has 0 heterocycles. The van der Waals surface area contributed by atoms with Crippen LogP contribution >= 0.6 is 0 Å². The summed E-state index contributed by atoms with van der Waals surface area (Å²) in [5.74, 6) is 0.912. The molecule has 4 aromatic rings. The van der Waals surface area contributed by atoms with Crippen LogP contribution in [0, 0.1) is 0 Å². The van der Waals surface area contributed by atoms with Gasteiger partial charge in [0.15, 0.2) is 0 Å². The van der Waals surface area contributed by atoms with Gasteiger partial charge in [-0.3, -0.25) is 0 Å². The van der Waals surface area contributed by atoms with Crippen molar-refractivity contribution in [2.45, 2.75) is 109 Å². The van der Waals surface area contributed by atoms with Gasteiger partial charge in [0, 0.05) is 23.2 Å². The van der Waals surface area contributed by atoms with E-state index in [0.717, 1.165) is 11.4 Å². The van der Waals surface area contributed by atoms with E-state index in [1.807, 2.05) is 24.3 Å². The first kappa shape index (κ1) is 32.4. The molecule has 0 aliphatic carbocycles. The molecule has 4 aromatic carbocycles. The van der Waals surface area contributed by atoms with Crippen molar-refractivity contribution in [1.29, 1.82) is 0 Å². The number of hydrogen-bond donors (Lipinski definition) is 2. The van der Waals surface area contributed by atoms with Crippen LogP contribution in [-0.4, -0.2) is 0 Å². The Morgan fingerprint density at radius 3 is 0.977 bits per heavy atom. The van der Waals surface area contributed by atoms with Crippen LogP contribution in [0.15, 0.2) is 97.1 Å². The van der Waals surface area contributed by atoms with Crippen LogP contribution < -0.4 is 11.5 Å². The van der Waals surface area contributed by atoms with Gasteiger partial charge in [-0.2, -0.15) is 0 Å². The van der Waals surface area contributed by atoms with E-state index < -0.39 is 0 Å². The van der Waals surface area contributed by atoms with Gasteiger partial charge in [-0.15, -0.1) is 0 Å². The molecule has 4 N–H and O–H groups in total. The summed E-state index contributed by atoms with van der Waals surface area (Å²) in [6, 6.07) is 35.7. The number of nitrogens with two attached hydrogens (primary N) is 2. The maximum atomic E-state index is 5.91. The van der Waals surface area contributed by atoms with Crippen LogP contribution in [-0.2, 0) is 12.8 Å². The number of hydrogen-bond acceptors (Lipinski definition) is 2. The number of aryl methyl sites for hydroxylation is 2. The van der Waals surface area contributed by atoms with Crippen molar-refractivity contribution >= 4 is 11.4 Å². The molecule has 2 heteroatoms. The predicted octanol–water partition coefficient (Wildman–Crippen LogP) is 11.2. The molecule has 0 radical (unpaired) electrons. The zero-order chi connectivity index (χ0) is 30.3. The van der Waals surface area contributed by atoms with Crippen molar-refractivity contribution < 1.29 is 0 Å². The van der Waals surface area contributed by atoms with Gasteiger partial charge >= 0.3 is 0 Å². The Bertz CT molecular complexity index is 1200. The molecular formula is C41H54N2. The molecule has 0 aromatic heterocycles. The fraction of sp³-hybridized carbons (Fsp3) is 0.415. The summed E-state index contributed by atoms with van der Waals surface area (Å²) in [5.41, 5.74) is 22.0. The van der Waals surface area contributed by atoms with Gasteiger partial charge in [-0.05, 0) is 96.2 Å². The van der Waals surface area contributed by atoms with E-state index in [1.54, 1.807) is 0 Å². The van der Waals surface area contributed by atoms with E-state index >= 15 is 0 Å². The van der Waals surface area contributed by atoms with Gasteiger partial charge in [0.05, 0.1) is 0 Å². The Morgan fingerprint density at radius 2 is 0.674 bits per heavy atom. The van der Waals surface area contributed by atoms with Crippen molar-refractivity contribution in [3.63, 3.8) is 0 Å². The molecule has 228 valence electrons. The Balaban J connectivity index is 1.10. The van der Waals surface area contributed by atoms with Gasteiger partial charge < -0.3 is 11.5 Å². The Labute approximate surface area is 261 Å². The van der Waals surface area contributed by atoms with Gasteiger partial charge in [0.2, 0.25) is 0 Å². The van der Waals surface area contributed by atoms with Crippen LogP contribution in [0.25, 0.3) is 0 Å². The minimum atomic E-state index is 0.456. The zero-order valence-electron chi connectivity index (χ0n) is 26.7. The average Bonchev–Trinajstić information content (AvgIpc) is 3.03. The third-order valence-corrected chi connectivity index (χ3v) is 9.03. The molecule has 0 aliphatic heterocycles. The molecule has 0 amide bonds. The minimum absolute atomic E-state index is 0.456. The Hall–Kier alpha value is -3.52. The Kier molecular flexibility index (Phi) is 13.2. The van der Waals surface area contributed by atoms with Gasteiger partial charge in [-0.1, -0.05) is 132 Å². The second-order valence-corrected chi connectivity index (χ2v) is 12.5. The van der Waals surface area contributed by atoms with Gasteiger partial charge in [0.1, 0.15) is 0 Å². The van der Waals surface area contributed by atoms with Crippen molar-refractivity contribution in [1.82, 2.24) is 0 Å². The third-order valence-electron chi connectivity index (χ3n) is 9.03. The second-order valence-electron chi connectivity index (χ2n) is 12.5. The highest BCUT2D eigenvalue weighted by Gasteiger charge is 2.14. The lowest BCUT2D eigenvalue weighted by Crippen LogP contribution is -2.01. The molecule has 0 spiro atoms. The predicted molar refractivity (Wildman–Crippen MR) is 188 cm³/mol. The highest BCUT2D eigenvalue weighted by Crippen LogP contribution is 2.31. The topological polar surface area (TPSA) is 52.0 Å². The number of unbranched alkanes of at least 4 members (excludes halogenated alkanes) is 6. The summed E-state index contributed by atoms with van der Waals surface area (Å²) in [6.45, 7) is 4.54. The van der Waals surface area contributed by atoms with Crippen molar-refractivity contribution in [3.8, 4) is 0 Å². The maximum Gasteiger partial charge on any atom is 0.0314 e. The summed E-state index contributed by atoms with van der Waals surface area (Å²) >= 11 is 0. The van der Waals surface area contributed by atoms with Crippen molar-refractivity contribution in [2.75, 3.05) is 11.5 Å². The summed E-state index contributed by atoms with van der Waals surface area (Å²) in [5, 5.41) is 0. The number of nitrogen functional groups attached to an aromatic ring is 2. The SMILES string of the molecule is CCCC(c1ccc(N)cc1)c1ccc(CCCCCCCCCc2ccc(C(CCC)c3ccc(N)cc3)cc2)cc1. The fourth-order valence-corrected chi connectivity index (χ4v) is 6.46. The van der Waals surface area contributed by atoms with Crippen LogP contribution in [0.2, 0.25) is 0 Å². The average molecular weight is 575 g/mol. The number of rotatable bonds is 18. The standard InChI is InChI=1S/C41H54N2/c1-3-12-40(36-24-28-38(42)29-25-36)34-20-16-32(17-21-34)14-10-8-6-5-7-9-11-15-33-18-22-35(23-19-33)41(13-4-2)37-26-30-39(43)31-27-37/h16-31,40-41H,3-15,42-43H2,1-2H3. The van der Waals surface area contributed by atoms with Crippen molar-refractivity contribution in [2.24, 2.45) is 0 Å². The lowest BCUT2D eigenvalue weighted by molar-refractivity contribution is 0.579. The first-order chi connectivity index (χ1) is 21.1. The van der Waals surface area contributed by atoms with Crippen LogP contribution in [0.4, 0.5) is 11.4 Å². The number of benzene rings is 4. The quantitative estimate of drug-likeness (QED) is 0.0917. The molecule has 0 aliphatic rings. The summed E-state index contributed by atoms with van der Waals surface area (Å²) in [7, 11) is 0. The smallest absolute Gasteiger partial charge is 0.0314 e. The Morgan fingerprint density at radius 1 is 0.395 bits per heavy atom. The molecule has 0 fully saturated rings. The first-order valence-electron chi connectivity index (χ1n) is 17.0. The molecule has 4 rings (SSSR count). The van der Waals surface area contributed by atoms with Crippen molar-refractivity contribution in [3.05, 3.63) is 130 Å². The van der Waals surface area contributed by atoms with Crippen LogP contribution in [0.5, 0.6) is 0 Å². The van der Waals surface area contributed by atoms with E-state index in [1.165, 1.54) is 117 Å². The monoisotopic (exact) mass is 574 g/mol. The van der Waals surface area contributed by atoms with Gasteiger partial charge in [-0.25, -0.2) is 0 Å². The molecule has 2 nitrogen and oxygen atoms in total. The largest absolute Gasteiger partial charge is 0.399 e. The van der Waals surface area contributed by atoms with E-state index in [4.69, 9.17) is 11.5 Å². The normalized spacial score (nSPS) is 12.7. The summed E-state index contributed by atoms with van der Waals surface area (Å²) < 4.78 is 0. The highest BCUT2D eigenvalue weighted by atomic mass is 14.5. The zero-order valence-corrected chi connectivity index (χ0v) is 26.7. The fourth-order valence-electron chi connectivity index (χ4n) is 6.46. The molecule has 0 saturated carbocycles. The molecule has 43 heavy (non-hydrogen) atoms. The maximum absolute atomic E-state index is 5.91. The highest BCUT2D eigenvalue weighted by molar-refractivity contribution is 5.44. The summed E-state index contributed by atoms with van der Waals surface area (Å²) in [6.07, 6.45) is 16.4. The number of anilines is 2. The van der Waals surface area contributed by atoms with Crippen LogP contribution in [0.3, 0.4) is 0 Å². The van der Waals surface area contributed by atoms with E-state index in [2.05, 4.69) is 86.6 Å². The molecule has 2 unspecified atom stereocenters.